The van der Waals surface area contributed by atoms with Gasteiger partial charge in [0.25, 0.3) is 5.91 Å². The van der Waals surface area contributed by atoms with Gasteiger partial charge in [-0.1, -0.05) is 84.3 Å². The summed E-state index contributed by atoms with van der Waals surface area (Å²) in [6, 6.07) is 20.0. The van der Waals surface area contributed by atoms with E-state index in [1.54, 1.807) is 41.7 Å². The number of aryl methyl sites for hydroxylation is 1. The second kappa shape index (κ2) is 21.6. The van der Waals surface area contributed by atoms with Gasteiger partial charge < -0.3 is 45.5 Å². The molecule has 0 bridgehead atoms. The fourth-order valence-corrected chi connectivity index (χ4v) is 11.5. The van der Waals surface area contributed by atoms with Gasteiger partial charge in [0, 0.05) is 65.7 Å². The van der Waals surface area contributed by atoms with Crippen LogP contribution < -0.4 is 26.0 Å². The fourth-order valence-electron chi connectivity index (χ4n) is 10.5. The lowest BCUT2D eigenvalue weighted by atomic mass is 9.49. The number of aromatic nitrogens is 1. The van der Waals surface area contributed by atoms with Crippen LogP contribution in [0.3, 0.4) is 0 Å². The van der Waals surface area contributed by atoms with E-state index in [-0.39, 0.29) is 55.0 Å². The third-order valence-electron chi connectivity index (χ3n) is 14.4. The zero-order valence-corrected chi connectivity index (χ0v) is 43.8. The highest BCUT2D eigenvalue weighted by Crippen LogP contribution is 2.55. The van der Waals surface area contributed by atoms with Crippen LogP contribution in [0.15, 0.2) is 72.2 Å². The summed E-state index contributed by atoms with van der Waals surface area (Å²) >= 11 is 7.83. The Kier molecular flexibility index (Phi) is 16.2. The van der Waals surface area contributed by atoms with Crippen LogP contribution in [0, 0.1) is 39.9 Å². The van der Waals surface area contributed by atoms with E-state index < -0.39 is 46.2 Å². The summed E-state index contributed by atoms with van der Waals surface area (Å²) in [7, 11) is 0. The van der Waals surface area contributed by atoms with Crippen LogP contribution in [0.1, 0.15) is 108 Å². The highest BCUT2D eigenvalue weighted by molar-refractivity contribution is 7.13. The van der Waals surface area contributed by atoms with E-state index in [0.29, 0.717) is 54.7 Å². The van der Waals surface area contributed by atoms with Gasteiger partial charge in [-0.25, -0.2) is 4.98 Å². The third kappa shape index (κ3) is 12.0. The summed E-state index contributed by atoms with van der Waals surface area (Å²) < 4.78 is 17.9. The number of benzene rings is 3. The first kappa shape index (κ1) is 53.2. The molecule has 4 aromatic rings. The monoisotopic (exact) mass is 1010 g/mol. The molecule has 3 aliphatic rings. The van der Waals surface area contributed by atoms with Gasteiger partial charge in [-0.05, 0) is 79.6 Å². The molecule has 0 spiro atoms. The molecule has 380 valence electrons. The first-order valence-electron chi connectivity index (χ1n) is 24.3. The minimum absolute atomic E-state index is 0.0233. The average Bonchev–Trinajstić information content (AvgIpc) is 3.93. The Morgan fingerprint density at radius 3 is 2.28 bits per heavy atom. The lowest BCUT2D eigenvalue weighted by molar-refractivity contribution is -0.164. The van der Waals surface area contributed by atoms with Crippen molar-refractivity contribution >= 4 is 52.3 Å². The largest absolute Gasteiger partial charge is 0.489 e. The van der Waals surface area contributed by atoms with Gasteiger partial charge in [0.2, 0.25) is 17.7 Å². The number of hydrogen-bond acceptors (Lipinski definition) is 12. The van der Waals surface area contributed by atoms with Crippen LogP contribution in [0.5, 0.6) is 5.75 Å². The molecule has 3 heterocycles. The molecule has 1 unspecified atom stereocenters. The van der Waals surface area contributed by atoms with Crippen LogP contribution in [0.25, 0.3) is 10.4 Å². The number of carbonyl (C=O) groups excluding carboxylic acids is 4. The van der Waals surface area contributed by atoms with Crippen molar-refractivity contribution in [2.45, 2.75) is 118 Å². The molecule has 2 aliphatic heterocycles. The molecule has 2 saturated heterocycles. The molecule has 3 fully saturated rings. The quantitative estimate of drug-likeness (QED) is 0.0573. The zero-order valence-electron chi connectivity index (χ0n) is 42.2. The Hall–Kier alpha value is -5.57. The minimum atomic E-state index is -0.974. The first-order valence-corrected chi connectivity index (χ1v) is 25.5. The topological polar surface area (TPSA) is 204 Å². The number of thiazole rings is 1. The van der Waals surface area contributed by atoms with E-state index in [1.165, 1.54) is 4.90 Å². The van der Waals surface area contributed by atoms with Crippen molar-refractivity contribution in [2.24, 2.45) is 21.7 Å². The van der Waals surface area contributed by atoms with Gasteiger partial charge in [-0.2, -0.15) is 5.26 Å². The maximum Gasteiger partial charge on any atom is 0.251 e. The number of nitriles is 1. The summed E-state index contributed by atoms with van der Waals surface area (Å²) in [6.45, 7) is 19.5. The molecule has 4 atom stereocenters. The molecule has 5 N–H and O–H groups in total. The van der Waals surface area contributed by atoms with Crippen molar-refractivity contribution in [3.63, 3.8) is 0 Å². The maximum absolute atomic E-state index is 14.2. The molecular formula is C54H68ClN7O8S. The van der Waals surface area contributed by atoms with Crippen LogP contribution in [0.2, 0.25) is 5.02 Å². The molecule has 7 rings (SSSR count). The number of aliphatic hydroxyl groups excluding tert-OH is 1. The predicted octanol–water partition coefficient (Wildman–Crippen LogP) is 7.85. The molecule has 1 aliphatic carbocycles. The SMILES string of the molecule is Cc1ncsc1-c1ccc(C(C)NC(=O)[C@@H]2C[C@@H](O)CN2C(=O)[C@@H](NC(=O)COCCC2(CCNc3ccc(C(=O)N[C@H]4C(C)(C)[C@H](Oc5ccc(C#N)c(Cl)c5)C4(C)C)cc3)COC2)C(C)(C)C)cc1. The minimum Gasteiger partial charge on any atom is -0.489 e. The molecule has 1 saturated carbocycles. The summed E-state index contributed by atoms with van der Waals surface area (Å²) in [6.07, 6.45) is 0.451. The number of β-amino-alcohol motifs (C(OH)–C–C–N with tert-alkyl or cyclic N) is 1. The number of likely N-dealkylation sites (tertiary alicyclic amines) is 1. The zero-order chi connectivity index (χ0) is 51.5. The molecule has 4 amide bonds. The second-order valence-electron chi connectivity index (χ2n) is 21.7. The number of nitrogens with one attached hydrogen (secondary N) is 4. The highest BCUT2D eigenvalue weighted by Gasteiger charge is 2.64. The second-order valence-corrected chi connectivity index (χ2v) is 23.0. The van der Waals surface area contributed by atoms with E-state index in [2.05, 4.69) is 60.0 Å². The van der Waals surface area contributed by atoms with Gasteiger partial charge in [0.15, 0.2) is 0 Å². The normalized spacial score (nSPS) is 21.6. The fraction of sp³-hybridized carbons (Fsp3) is 0.519. The number of aliphatic hydroxyl groups is 1. The summed E-state index contributed by atoms with van der Waals surface area (Å²) in [5.74, 6) is -0.862. The smallest absolute Gasteiger partial charge is 0.251 e. The Bertz CT molecular complexity index is 2590. The number of nitrogens with zero attached hydrogens (tertiary/aromatic N) is 3. The average molecular weight is 1010 g/mol. The first-order chi connectivity index (χ1) is 33.5. The lowest BCUT2D eigenvalue weighted by Crippen LogP contribution is -2.74. The van der Waals surface area contributed by atoms with Gasteiger partial charge in [0.1, 0.15) is 36.6 Å². The number of hydrogen-bond donors (Lipinski definition) is 5. The van der Waals surface area contributed by atoms with E-state index in [0.717, 1.165) is 33.8 Å². The van der Waals surface area contributed by atoms with E-state index >= 15 is 0 Å². The van der Waals surface area contributed by atoms with Crippen molar-refractivity contribution in [1.82, 2.24) is 25.8 Å². The lowest BCUT2D eigenvalue weighted by Gasteiger charge is -2.63. The van der Waals surface area contributed by atoms with Crippen LogP contribution in [0.4, 0.5) is 5.69 Å². The molecule has 71 heavy (non-hydrogen) atoms. The molecule has 15 nitrogen and oxygen atoms in total. The van der Waals surface area contributed by atoms with Crippen molar-refractivity contribution in [3.8, 4) is 22.3 Å². The van der Waals surface area contributed by atoms with Crippen molar-refractivity contribution < 1.29 is 38.5 Å². The molecular weight excluding hydrogens is 942 g/mol. The molecule has 17 heteroatoms. The van der Waals surface area contributed by atoms with Crippen molar-refractivity contribution in [3.05, 3.63) is 99.6 Å². The van der Waals surface area contributed by atoms with Gasteiger partial charge in [0.05, 0.1) is 52.0 Å². The molecule has 1 aromatic heterocycles. The Balaban J connectivity index is 0.841. The molecule has 0 radical (unpaired) electrons. The number of ether oxygens (including phenoxy) is 3. The highest BCUT2D eigenvalue weighted by atomic mass is 35.5. The van der Waals surface area contributed by atoms with Crippen LogP contribution in [-0.2, 0) is 23.9 Å². The Labute approximate surface area is 426 Å². The number of amides is 4. The third-order valence-corrected chi connectivity index (χ3v) is 15.7. The maximum atomic E-state index is 14.2. The van der Waals surface area contributed by atoms with Crippen LogP contribution >= 0.6 is 22.9 Å². The van der Waals surface area contributed by atoms with E-state index in [4.69, 9.17) is 25.8 Å². The number of halogens is 1. The van der Waals surface area contributed by atoms with Gasteiger partial charge >= 0.3 is 0 Å². The molecule has 3 aromatic carbocycles. The van der Waals surface area contributed by atoms with E-state index in [1.807, 2.05) is 76.5 Å². The Morgan fingerprint density at radius 2 is 1.69 bits per heavy atom. The van der Waals surface area contributed by atoms with Crippen molar-refractivity contribution in [2.75, 3.05) is 44.8 Å². The van der Waals surface area contributed by atoms with Crippen LogP contribution in [-0.4, -0.2) is 108 Å². The predicted molar refractivity (Wildman–Crippen MR) is 274 cm³/mol. The standard InChI is InChI=1S/C54H68ClN7O8S/c1-32(34-10-12-35(13-11-34)44-33(2)58-31-71-44)59-47(66)42-24-39(63)27-62(42)48(67)45(51(3,4)5)60-43(64)28-68-23-21-54(29-69-30-54)20-22-57-38-17-14-36(15-18-38)46(65)61-49-52(6,7)50(53(49,8)9)70-40-19-16-37(26-56)41(55)25-40/h10-19,25,31-32,39,42,45,49-50,57,63H,20-24,27-30H2,1-9H3,(H,59,66)(H,60,64)(H,61,65)/t32?,39-,42+,45-,49-,50-/m1/s1. The number of anilines is 1. The Morgan fingerprint density at radius 1 is 1.00 bits per heavy atom. The summed E-state index contributed by atoms with van der Waals surface area (Å²) in [5, 5.41) is 32.9. The van der Waals surface area contributed by atoms with Gasteiger partial charge in [-0.15, -0.1) is 11.3 Å². The summed E-state index contributed by atoms with van der Waals surface area (Å²) in [4.78, 5) is 61.5. The number of rotatable bonds is 19. The van der Waals surface area contributed by atoms with E-state index in [9.17, 15) is 29.5 Å². The van der Waals surface area contributed by atoms with Gasteiger partial charge in [-0.3, -0.25) is 19.2 Å². The number of carbonyl (C=O) groups is 4. The van der Waals surface area contributed by atoms with Crippen molar-refractivity contribution in [1.29, 1.82) is 5.26 Å². The summed E-state index contributed by atoms with van der Waals surface area (Å²) in [5.41, 5.74) is 4.90.